The first-order valence-electron chi connectivity index (χ1n) is 11.3. The summed E-state index contributed by atoms with van der Waals surface area (Å²) in [6.07, 6.45) is 2.45. The van der Waals surface area contributed by atoms with Crippen LogP contribution >= 0.6 is 11.3 Å². The van der Waals surface area contributed by atoms with Crippen LogP contribution in [-0.2, 0) is 10.0 Å². The molecule has 0 spiro atoms. The molecular weight excluding hydrogens is 470 g/mol. The average molecular weight is 500 g/mol. The highest BCUT2D eigenvalue weighted by Crippen LogP contribution is 2.26. The number of nitrogens with one attached hydrogen (secondary N) is 2. The van der Waals surface area contributed by atoms with Crippen molar-refractivity contribution in [3.8, 4) is 0 Å². The van der Waals surface area contributed by atoms with Crippen molar-refractivity contribution in [3.63, 3.8) is 0 Å². The van der Waals surface area contributed by atoms with Crippen molar-refractivity contribution in [2.24, 2.45) is 5.92 Å². The van der Waals surface area contributed by atoms with Crippen molar-refractivity contribution in [3.05, 3.63) is 65.2 Å². The van der Waals surface area contributed by atoms with E-state index in [-0.39, 0.29) is 15.4 Å². The van der Waals surface area contributed by atoms with Crippen molar-refractivity contribution in [1.82, 2.24) is 14.9 Å². The summed E-state index contributed by atoms with van der Waals surface area (Å²) >= 11 is 0.814. The zero-order valence-corrected chi connectivity index (χ0v) is 21.1. The van der Waals surface area contributed by atoms with E-state index in [0.29, 0.717) is 11.5 Å². The minimum absolute atomic E-state index is 0.125. The monoisotopic (exact) mass is 499 g/mol. The second kappa shape index (κ2) is 10.2. The van der Waals surface area contributed by atoms with E-state index in [1.807, 2.05) is 37.3 Å². The van der Waals surface area contributed by atoms with E-state index in [9.17, 15) is 13.2 Å². The molecule has 0 unspecified atom stereocenters. The van der Waals surface area contributed by atoms with Gasteiger partial charge in [0.15, 0.2) is 0 Å². The fourth-order valence-corrected chi connectivity index (χ4v) is 6.22. The van der Waals surface area contributed by atoms with Crippen molar-refractivity contribution in [1.29, 1.82) is 0 Å². The molecule has 8 nitrogen and oxygen atoms in total. The van der Waals surface area contributed by atoms with Gasteiger partial charge in [0.05, 0.1) is 0 Å². The number of piperidine rings is 1. The van der Waals surface area contributed by atoms with E-state index >= 15 is 0 Å². The number of hydrogen-bond acceptors (Lipinski definition) is 7. The number of carbonyl (C=O) groups is 1. The first kappa shape index (κ1) is 24.3. The fourth-order valence-electron chi connectivity index (χ4n) is 4.07. The van der Waals surface area contributed by atoms with Crippen molar-refractivity contribution >= 4 is 38.1 Å². The molecular formula is C24H29N5O3S2. The zero-order chi connectivity index (χ0) is 24.3. The quantitative estimate of drug-likeness (QED) is 0.468. The first-order valence-corrected chi connectivity index (χ1v) is 13.6. The molecule has 3 aromatic rings. The summed E-state index contributed by atoms with van der Waals surface area (Å²) in [5, 5.41) is 10.3. The molecule has 1 saturated heterocycles. The Balaban J connectivity index is 1.40. The summed E-state index contributed by atoms with van der Waals surface area (Å²) in [5.41, 5.74) is 3.43. The molecule has 2 N–H and O–H groups in total. The topological polar surface area (TPSA) is 104 Å². The number of carbonyl (C=O) groups excluding carboxylic acids is 1. The van der Waals surface area contributed by atoms with E-state index < -0.39 is 16.1 Å². The van der Waals surface area contributed by atoms with Crippen molar-refractivity contribution in [2.75, 3.05) is 23.3 Å². The predicted molar refractivity (Wildman–Crippen MR) is 135 cm³/mol. The Labute approximate surface area is 204 Å². The number of hydrogen-bond donors (Lipinski definition) is 2. The zero-order valence-electron chi connectivity index (χ0n) is 19.5. The third kappa shape index (κ3) is 5.81. The molecule has 1 amide bonds. The Morgan fingerprint density at radius 1 is 1.18 bits per heavy atom. The van der Waals surface area contributed by atoms with E-state index in [2.05, 4.69) is 32.1 Å². The smallest absolute Gasteiger partial charge is 0.270 e. The van der Waals surface area contributed by atoms with Crippen molar-refractivity contribution in [2.45, 2.75) is 44.0 Å². The van der Waals surface area contributed by atoms with E-state index in [1.54, 1.807) is 25.1 Å². The van der Waals surface area contributed by atoms with Gasteiger partial charge >= 0.3 is 0 Å². The summed E-state index contributed by atoms with van der Waals surface area (Å²) in [4.78, 5) is 14.8. The van der Waals surface area contributed by atoms with Crippen LogP contribution < -0.4 is 14.9 Å². The molecule has 1 aliphatic rings. The van der Waals surface area contributed by atoms with Gasteiger partial charge in [0.25, 0.3) is 15.9 Å². The molecule has 0 radical (unpaired) electrons. The van der Waals surface area contributed by atoms with Gasteiger partial charge in [-0.1, -0.05) is 48.1 Å². The molecule has 2 atom stereocenters. The number of sulfonamides is 1. The van der Waals surface area contributed by atoms with E-state index in [1.165, 1.54) is 12.8 Å². The maximum absolute atomic E-state index is 12.9. The van der Waals surface area contributed by atoms with Gasteiger partial charge in [0.2, 0.25) is 9.47 Å². The summed E-state index contributed by atoms with van der Waals surface area (Å²) < 4.78 is 28.2. The van der Waals surface area contributed by atoms with Crippen LogP contribution in [0.5, 0.6) is 0 Å². The summed E-state index contributed by atoms with van der Waals surface area (Å²) in [7, 11) is -3.90. The normalized spacial score (nSPS) is 17.4. The van der Waals surface area contributed by atoms with Gasteiger partial charge in [0.1, 0.15) is 0 Å². The molecule has 1 aromatic heterocycles. The first-order chi connectivity index (χ1) is 16.2. The van der Waals surface area contributed by atoms with E-state index in [0.717, 1.165) is 41.2 Å². The van der Waals surface area contributed by atoms with Crippen LogP contribution in [0, 0.1) is 12.8 Å². The minimum Gasteiger partial charge on any atom is -0.371 e. The second-order valence-corrected chi connectivity index (χ2v) is 11.7. The number of nitrogens with zero attached hydrogens (tertiary/aromatic N) is 3. The number of aryl methyl sites for hydroxylation is 1. The molecule has 10 heteroatoms. The Bertz CT molecular complexity index is 1260. The SMILES string of the molecule is Cc1cccc(C(=O)Nc2nnc(S(=O)(=O)N[C@@H](C)c3ccc(N4CCC[C@@H](C)C4)cc3)s2)c1. The van der Waals surface area contributed by atoms with Crippen LogP contribution in [-0.4, -0.2) is 37.6 Å². The lowest BCUT2D eigenvalue weighted by Gasteiger charge is -2.33. The molecule has 2 aromatic carbocycles. The largest absolute Gasteiger partial charge is 0.371 e. The molecule has 4 rings (SSSR count). The van der Waals surface area contributed by atoms with Crippen molar-refractivity contribution < 1.29 is 13.2 Å². The van der Waals surface area contributed by atoms with Crippen LogP contribution in [0.4, 0.5) is 10.8 Å². The Hall–Kier alpha value is -2.82. The third-order valence-electron chi connectivity index (χ3n) is 5.88. The molecule has 1 fully saturated rings. The van der Waals surface area contributed by atoms with Gasteiger partial charge in [-0.2, -0.15) is 0 Å². The lowest BCUT2D eigenvalue weighted by Crippen LogP contribution is -2.34. The highest BCUT2D eigenvalue weighted by atomic mass is 32.2. The Morgan fingerprint density at radius 3 is 2.65 bits per heavy atom. The molecule has 2 heterocycles. The van der Waals surface area contributed by atoms with Crippen LogP contribution in [0.15, 0.2) is 52.9 Å². The Morgan fingerprint density at radius 2 is 1.94 bits per heavy atom. The third-order valence-corrected chi connectivity index (χ3v) is 8.63. The van der Waals surface area contributed by atoms with Gasteiger partial charge in [-0.3, -0.25) is 10.1 Å². The number of anilines is 2. The van der Waals surface area contributed by atoms with Crippen LogP contribution in [0.2, 0.25) is 0 Å². The van der Waals surface area contributed by atoms with Gasteiger partial charge in [-0.05, 0) is 62.4 Å². The highest BCUT2D eigenvalue weighted by molar-refractivity contribution is 7.91. The molecule has 180 valence electrons. The predicted octanol–water partition coefficient (Wildman–Crippen LogP) is 4.37. The molecule has 0 aliphatic carbocycles. The van der Waals surface area contributed by atoms with E-state index in [4.69, 9.17) is 0 Å². The van der Waals surface area contributed by atoms with Crippen LogP contribution in [0.25, 0.3) is 0 Å². The standard InChI is InChI=1S/C24H29N5O3S2/c1-16-6-4-8-20(14-16)22(30)25-23-26-27-24(33-23)34(31,32)28-18(3)19-9-11-21(12-10-19)29-13-5-7-17(2)15-29/h4,6,8-12,14,17-18,28H,5,7,13,15H2,1-3H3,(H,25,26,30)/t17-,18+/m1/s1. The van der Waals surface area contributed by atoms with Gasteiger partial charge in [0, 0.05) is 30.4 Å². The number of amides is 1. The number of aromatic nitrogens is 2. The fraction of sp³-hybridized carbons (Fsp3) is 0.375. The summed E-state index contributed by atoms with van der Waals surface area (Å²) in [6, 6.07) is 14.6. The van der Waals surface area contributed by atoms with Crippen LogP contribution in [0.3, 0.4) is 0 Å². The Kier molecular flexibility index (Phi) is 7.30. The lowest BCUT2D eigenvalue weighted by molar-refractivity contribution is 0.102. The van der Waals surface area contributed by atoms with Gasteiger partial charge in [-0.25, -0.2) is 13.1 Å². The summed E-state index contributed by atoms with van der Waals surface area (Å²) in [5.74, 6) is 0.311. The van der Waals surface area contributed by atoms with Crippen LogP contribution in [0.1, 0.15) is 54.2 Å². The number of benzene rings is 2. The van der Waals surface area contributed by atoms with Gasteiger partial charge < -0.3 is 4.90 Å². The lowest BCUT2D eigenvalue weighted by atomic mass is 9.99. The van der Waals surface area contributed by atoms with Gasteiger partial charge in [-0.15, -0.1) is 10.2 Å². The second-order valence-electron chi connectivity index (χ2n) is 8.82. The molecule has 0 bridgehead atoms. The number of rotatable bonds is 7. The maximum atomic E-state index is 12.9. The molecule has 1 aliphatic heterocycles. The highest BCUT2D eigenvalue weighted by Gasteiger charge is 2.24. The molecule has 0 saturated carbocycles. The summed E-state index contributed by atoms with van der Waals surface area (Å²) in [6.45, 7) is 8.04. The minimum atomic E-state index is -3.90. The average Bonchev–Trinajstić information content (AvgIpc) is 3.28. The molecule has 34 heavy (non-hydrogen) atoms. The maximum Gasteiger partial charge on any atom is 0.270 e.